The zero-order valence-corrected chi connectivity index (χ0v) is 17.7. The highest BCUT2D eigenvalue weighted by molar-refractivity contribution is 7.98. The first-order valence-corrected chi connectivity index (χ1v) is 11.6. The Kier molecular flexibility index (Phi) is 11.0. The maximum atomic E-state index is 13.2. The van der Waals surface area contributed by atoms with Crippen LogP contribution in [0.5, 0.6) is 0 Å². The Morgan fingerprint density at radius 1 is 1.15 bits per heavy atom. The van der Waals surface area contributed by atoms with E-state index in [-0.39, 0.29) is 25.1 Å². The van der Waals surface area contributed by atoms with Crippen molar-refractivity contribution >= 4 is 30.6 Å². The van der Waals surface area contributed by atoms with Crippen LogP contribution < -0.4 is 0 Å². The monoisotopic (exact) mass is 404 g/mol. The van der Waals surface area contributed by atoms with Crippen molar-refractivity contribution in [2.75, 3.05) is 25.6 Å². The van der Waals surface area contributed by atoms with E-state index in [1.165, 1.54) is 0 Å². The van der Waals surface area contributed by atoms with Crippen molar-refractivity contribution in [3.63, 3.8) is 0 Å². The van der Waals surface area contributed by atoms with Crippen molar-refractivity contribution in [1.29, 1.82) is 0 Å². The summed E-state index contributed by atoms with van der Waals surface area (Å²) >= 11 is 1.77. The number of furan rings is 1. The molecule has 0 fully saturated rings. The van der Waals surface area contributed by atoms with Gasteiger partial charge in [0, 0.05) is 6.08 Å². The smallest absolute Gasteiger partial charge is 0.365 e. The first kappa shape index (κ1) is 23.0. The van der Waals surface area contributed by atoms with Gasteiger partial charge in [-0.2, -0.15) is 11.8 Å². The SMILES string of the molecule is CCCCSCc1ccc(C(=CC(=O)OCC)P(=O)(OCC)OCC)o1. The van der Waals surface area contributed by atoms with Crippen LogP contribution >= 0.6 is 19.4 Å². The molecule has 6 nitrogen and oxygen atoms in total. The lowest BCUT2D eigenvalue weighted by Gasteiger charge is -2.18. The number of hydrogen-bond acceptors (Lipinski definition) is 7. The molecular weight excluding hydrogens is 375 g/mol. The highest BCUT2D eigenvalue weighted by Gasteiger charge is 2.34. The average Bonchev–Trinajstić information content (AvgIpc) is 3.06. The molecule has 26 heavy (non-hydrogen) atoms. The fraction of sp³-hybridized carbons (Fsp3) is 0.611. The molecule has 1 heterocycles. The third kappa shape index (κ3) is 7.31. The van der Waals surface area contributed by atoms with E-state index in [0.717, 1.165) is 30.4 Å². The lowest BCUT2D eigenvalue weighted by Crippen LogP contribution is -2.04. The Balaban J connectivity index is 3.10. The van der Waals surface area contributed by atoms with Crippen LogP contribution in [0.2, 0.25) is 0 Å². The number of carbonyl (C=O) groups excluding carboxylic acids is 1. The van der Waals surface area contributed by atoms with E-state index in [9.17, 15) is 9.36 Å². The van der Waals surface area contributed by atoms with Crippen molar-refractivity contribution in [3.05, 3.63) is 29.7 Å². The topological polar surface area (TPSA) is 75.0 Å². The predicted molar refractivity (Wildman–Crippen MR) is 105 cm³/mol. The van der Waals surface area contributed by atoms with Crippen LogP contribution in [-0.2, 0) is 28.9 Å². The Morgan fingerprint density at radius 3 is 2.42 bits per heavy atom. The fourth-order valence-electron chi connectivity index (χ4n) is 2.11. The zero-order valence-electron chi connectivity index (χ0n) is 16.0. The van der Waals surface area contributed by atoms with Gasteiger partial charge in [-0.25, -0.2) is 4.79 Å². The highest BCUT2D eigenvalue weighted by Crippen LogP contribution is 2.60. The van der Waals surface area contributed by atoms with Crippen LogP contribution in [0.15, 0.2) is 22.6 Å². The molecule has 0 saturated carbocycles. The maximum Gasteiger partial charge on any atom is 0.365 e. The molecule has 0 spiro atoms. The molecule has 1 aromatic rings. The molecule has 0 aliphatic heterocycles. The first-order chi connectivity index (χ1) is 12.5. The van der Waals surface area contributed by atoms with Crippen molar-refractivity contribution < 1.29 is 27.6 Å². The molecule has 0 atom stereocenters. The molecule has 0 unspecified atom stereocenters. The second-order valence-electron chi connectivity index (χ2n) is 5.29. The highest BCUT2D eigenvalue weighted by atomic mass is 32.2. The van der Waals surface area contributed by atoms with Crippen LogP contribution in [-0.4, -0.2) is 31.5 Å². The predicted octanol–water partition coefficient (Wildman–Crippen LogP) is 5.48. The molecule has 0 aromatic carbocycles. The normalized spacial score (nSPS) is 12.4. The number of thioether (sulfide) groups is 1. The van der Waals surface area contributed by atoms with Gasteiger partial charge >= 0.3 is 13.6 Å². The standard InChI is InChI=1S/C18H29O6PS/c1-5-9-12-26-14-15-10-11-16(24-15)17(13-18(19)21-6-2)25(20,22-7-3)23-8-4/h10-11,13H,5-9,12,14H2,1-4H3. The van der Waals surface area contributed by atoms with E-state index in [2.05, 4.69) is 6.92 Å². The summed E-state index contributed by atoms with van der Waals surface area (Å²) in [7, 11) is -3.69. The van der Waals surface area contributed by atoms with Crippen molar-refractivity contribution in [2.45, 2.75) is 46.3 Å². The number of unbranched alkanes of at least 4 members (excludes halogenated alkanes) is 1. The summed E-state index contributed by atoms with van der Waals surface area (Å²) in [5.41, 5.74) is 0. The Morgan fingerprint density at radius 2 is 1.85 bits per heavy atom. The van der Waals surface area contributed by atoms with Gasteiger partial charge in [-0.15, -0.1) is 0 Å². The zero-order chi connectivity index (χ0) is 19.4. The number of esters is 1. The summed E-state index contributed by atoms with van der Waals surface area (Å²) in [5.74, 6) is 2.19. The summed E-state index contributed by atoms with van der Waals surface area (Å²) in [5, 5.41) is 0.0875. The van der Waals surface area contributed by atoms with E-state index >= 15 is 0 Å². The van der Waals surface area contributed by atoms with E-state index in [0.29, 0.717) is 11.5 Å². The van der Waals surface area contributed by atoms with Gasteiger partial charge in [0.05, 0.1) is 25.6 Å². The molecule has 0 bridgehead atoms. The van der Waals surface area contributed by atoms with Crippen molar-refractivity contribution in [3.8, 4) is 0 Å². The Bertz CT molecular complexity index is 615. The fourth-order valence-corrected chi connectivity index (χ4v) is 4.79. The van der Waals surface area contributed by atoms with Gasteiger partial charge in [0.1, 0.15) is 16.8 Å². The van der Waals surface area contributed by atoms with Crippen molar-refractivity contribution in [1.82, 2.24) is 0 Å². The van der Waals surface area contributed by atoms with Crippen LogP contribution in [0.1, 0.15) is 52.1 Å². The molecular formula is C18H29O6PS. The molecule has 0 aliphatic carbocycles. The lowest BCUT2D eigenvalue weighted by atomic mass is 10.4. The molecule has 1 rings (SSSR count). The summed E-state index contributed by atoms with van der Waals surface area (Å²) in [4.78, 5) is 12.0. The number of hydrogen-bond donors (Lipinski definition) is 0. The van der Waals surface area contributed by atoms with Crippen LogP contribution in [0.25, 0.3) is 5.31 Å². The average molecular weight is 404 g/mol. The second kappa shape index (κ2) is 12.4. The summed E-state index contributed by atoms with van der Waals surface area (Å²) in [6.45, 7) is 7.85. The quantitative estimate of drug-likeness (QED) is 0.186. The van der Waals surface area contributed by atoms with Crippen LogP contribution in [0.4, 0.5) is 0 Å². The van der Waals surface area contributed by atoms with Gasteiger partial charge in [-0.1, -0.05) is 13.3 Å². The minimum atomic E-state index is -3.69. The molecule has 8 heteroatoms. The van der Waals surface area contributed by atoms with E-state index in [1.807, 2.05) is 6.07 Å². The number of carbonyl (C=O) groups is 1. The second-order valence-corrected chi connectivity index (χ2v) is 8.39. The molecule has 0 aliphatic rings. The number of rotatable bonds is 13. The lowest BCUT2D eigenvalue weighted by molar-refractivity contribution is -0.137. The maximum absolute atomic E-state index is 13.2. The van der Waals surface area contributed by atoms with Crippen molar-refractivity contribution in [2.24, 2.45) is 0 Å². The summed E-state index contributed by atoms with van der Waals surface area (Å²) < 4.78 is 34.7. The van der Waals surface area contributed by atoms with E-state index in [4.69, 9.17) is 18.2 Å². The number of ether oxygens (including phenoxy) is 1. The molecule has 0 amide bonds. The third-order valence-corrected chi connectivity index (χ3v) is 6.44. The molecule has 0 saturated heterocycles. The largest absolute Gasteiger partial charge is 0.463 e. The van der Waals surface area contributed by atoms with Gasteiger partial charge in [-0.05, 0) is 45.1 Å². The molecule has 1 aromatic heterocycles. The van der Waals surface area contributed by atoms with E-state index < -0.39 is 13.6 Å². The van der Waals surface area contributed by atoms with Gasteiger partial charge < -0.3 is 18.2 Å². The molecule has 0 radical (unpaired) electrons. The van der Waals surface area contributed by atoms with Gasteiger partial charge in [0.25, 0.3) is 0 Å². The van der Waals surface area contributed by atoms with E-state index in [1.54, 1.807) is 38.6 Å². The Labute approximate surface area is 160 Å². The van der Waals surface area contributed by atoms with Crippen LogP contribution in [0, 0.1) is 0 Å². The van der Waals surface area contributed by atoms with Gasteiger partial charge in [0.15, 0.2) is 0 Å². The molecule has 148 valence electrons. The minimum absolute atomic E-state index is 0.0875. The third-order valence-electron chi connectivity index (χ3n) is 3.23. The summed E-state index contributed by atoms with van der Waals surface area (Å²) in [6.07, 6.45) is 3.44. The first-order valence-electron chi connectivity index (χ1n) is 8.95. The Hall–Kier alpha value is -1.01. The summed E-state index contributed by atoms with van der Waals surface area (Å²) in [6, 6.07) is 3.50. The van der Waals surface area contributed by atoms with Crippen LogP contribution in [0.3, 0.4) is 0 Å². The van der Waals surface area contributed by atoms with Gasteiger partial charge in [0.2, 0.25) is 0 Å². The minimum Gasteiger partial charge on any atom is -0.463 e. The molecule has 0 N–H and O–H groups in total. The van der Waals surface area contributed by atoms with Gasteiger partial charge in [-0.3, -0.25) is 4.57 Å².